The fourth-order valence-corrected chi connectivity index (χ4v) is 3.36. The maximum absolute atomic E-state index is 10.6. The van der Waals surface area contributed by atoms with Crippen LogP contribution in [0.15, 0.2) is 0 Å². The first-order valence-corrected chi connectivity index (χ1v) is 7.66. The summed E-state index contributed by atoms with van der Waals surface area (Å²) in [6.45, 7) is 2.21. The summed E-state index contributed by atoms with van der Waals surface area (Å²) < 4.78 is 0. The van der Waals surface area contributed by atoms with Gasteiger partial charge in [0.2, 0.25) is 0 Å². The van der Waals surface area contributed by atoms with Gasteiger partial charge >= 0.3 is 0 Å². The van der Waals surface area contributed by atoms with Crippen LogP contribution in [-0.4, -0.2) is 22.8 Å². The Balaban J connectivity index is 1.77. The number of nitrogens with one attached hydrogen (secondary N) is 1. The van der Waals surface area contributed by atoms with Crippen molar-refractivity contribution in [2.45, 2.75) is 88.8 Å². The van der Waals surface area contributed by atoms with Crippen LogP contribution < -0.4 is 5.32 Å². The lowest BCUT2D eigenvalue weighted by Gasteiger charge is -2.44. The molecular formula is C16H27NO. The van der Waals surface area contributed by atoms with Gasteiger partial charge < -0.3 is 10.4 Å². The first-order valence-electron chi connectivity index (χ1n) is 7.66. The number of hydrogen-bond acceptors (Lipinski definition) is 2. The molecule has 2 heteroatoms. The molecule has 2 heterocycles. The molecule has 2 rings (SSSR count). The van der Waals surface area contributed by atoms with E-state index in [9.17, 15) is 5.11 Å². The van der Waals surface area contributed by atoms with E-state index in [2.05, 4.69) is 24.1 Å². The van der Waals surface area contributed by atoms with Crippen molar-refractivity contribution in [2.75, 3.05) is 0 Å². The smallest absolute Gasteiger partial charge is 0.0786 e. The van der Waals surface area contributed by atoms with Crippen molar-refractivity contribution in [1.82, 2.24) is 5.32 Å². The summed E-state index contributed by atoms with van der Waals surface area (Å²) in [6, 6.07) is 1.06. The minimum absolute atomic E-state index is 0.515. The molecule has 0 radical (unpaired) electrons. The second-order valence-corrected chi connectivity index (χ2v) is 6.11. The van der Waals surface area contributed by atoms with Gasteiger partial charge in [0.05, 0.1) is 5.60 Å². The summed E-state index contributed by atoms with van der Waals surface area (Å²) in [4.78, 5) is 0. The maximum atomic E-state index is 10.6. The molecule has 2 aliphatic heterocycles. The topological polar surface area (TPSA) is 32.3 Å². The summed E-state index contributed by atoms with van der Waals surface area (Å²) in [5.74, 6) is 6.44. The summed E-state index contributed by atoms with van der Waals surface area (Å²) in [6.07, 6.45) is 11.0. The molecule has 2 aliphatic rings. The van der Waals surface area contributed by atoms with Crippen LogP contribution >= 0.6 is 0 Å². The quantitative estimate of drug-likeness (QED) is 0.593. The van der Waals surface area contributed by atoms with Crippen molar-refractivity contribution >= 4 is 0 Å². The SMILES string of the molecule is CCCCCC#CCC1(O)CC2CCCC(C1)N2. The average molecular weight is 249 g/mol. The molecule has 0 aromatic rings. The molecule has 102 valence electrons. The van der Waals surface area contributed by atoms with E-state index in [0.717, 1.165) is 19.3 Å². The molecule has 0 aromatic heterocycles. The molecule has 0 saturated carbocycles. The van der Waals surface area contributed by atoms with E-state index in [1.54, 1.807) is 0 Å². The highest BCUT2D eigenvalue weighted by Gasteiger charge is 2.39. The Morgan fingerprint density at radius 2 is 1.89 bits per heavy atom. The van der Waals surface area contributed by atoms with Gasteiger partial charge in [-0.15, -0.1) is 11.8 Å². The zero-order valence-corrected chi connectivity index (χ0v) is 11.7. The van der Waals surface area contributed by atoms with Gasteiger partial charge in [0.25, 0.3) is 0 Å². The minimum Gasteiger partial charge on any atom is -0.389 e. The van der Waals surface area contributed by atoms with Crippen molar-refractivity contribution in [1.29, 1.82) is 0 Å². The fourth-order valence-electron chi connectivity index (χ4n) is 3.36. The molecule has 2 N–H and O–H groups in total. The lowest BCUT2D eigenvalue weighted by atomic mass is 9.76. The lowest BCUT2D eigenvalue weighted by molar-refractivity contribution is -0.0265. The molecule has 2 atom stereocenters. The Kier molecular flexibility index (Phi) is 5.09. The fraction of sp³-hybridized carbons (Fsp3) is 0.875. The van der Waals surface area contributed by atoms with Crippen LogP contribution in [0.2, 0.25) is 0 Å². The van der Waals surface area contributed by atoms with Crippen molar-refractivity contribution in [3.63, 3.8) is 0 Å². The Hall–Kier alpha value is -0.520. The first-order chi connectivity index (χ1) is 8.72. The van der Waals surface area contributed by atoms with Gasteiger partial charge in [-0.2, -0.15) is 0 Å². The van der Waals surface area contributed by atoms with Crippen LogP contribution in [0, 0.1) is 11.8 Å². The number of rotatable bonds is 4. The molecule has 0 aromatic carbocycles. The third kappa shape index (κ3) is 4.00. The van der Waals surface area contributed by atoms with Gasteiger partial charge in [-0.05, 0) is 32.1 Å². The van der Waals surface area contributed by atoms with Crippen molar-refractivity contribution < 1.29 is 5.11 Å². The second-order valence-electron chi connectivity index (χ2n) is 6.11. The number of fused-ring (bicyclic) bond motifs is 2. The summed E-state index contributed by atoms with van der Waals surface area (Å²) in [5.41, 5.74) is -0.515. The second kappa shape index (κ2) is 6.59. The lowest BCUT2D eigenvalue weighted by Crippen LogP contribution is -2.55. The van der Waals surface area contributed by atoms with Crippen LogP contribution in [0.1, 0.15) is 71.1 Å². The first kappa shape index (κ1) is 13.9. The zero-order valence-electron chi connectivity index (χ0n) is 11.7. The normalized spacial score (nSPS) is 34.8. The van der Waals surface area contributed by atoms with Crippen LogP contribution in [0.3, 0.4) is 0 Å². The molecule has 0 amide bonds. The standard InChI is InChI=1S/C16H27NO/c1-2-3-4-5-6-7-11-16(18)12-14-9-8-10-15(13-16)17-14/h14-15,17-18H,2-5,8-13H2,1H3. The van der Waals surface area contributed by atoms with Crippen LogP contribution in [0.25, 0.3) is 0 Å². The molecular weight excluding hydrogens is 222 g/mol. The van der Waals surface area contributed by atoms with Crippen molar-refractivity contribution in [2.24, 2.45) is 0 Å². The van der Waals surface area contributed by atoms with E-state index >= 15 is 0 Å². The van der Waals surface area contributed by atoms with Gasteiger partial charge in [-0.25, -0.2) is 0 Å². The predicted molar refractivity (Wildman–Crippen MR) is 75.3 cm³/mol. The zero-order chi connectivity index (χ0) is 12.8. The third-order valence-electron chi connectivity index (χ3n) is 4.28. The highest BCUT2D eigenvalue weighted by atomic mass is 16.3. The number of piperidine rings is 2. The molecule has 2 unspecified atom stereocenters. The van der Waals surface area contributed by atoms with Crippen LogP contribution in [0.4, 0.5) is 0 Å². The van der Waals surface area contributed by atoms with Gasteiger partial charge in [-0.1, -0.05) is 26.2 Å². The molecule has 2 fully saturated rings. The highest BCUT2D eigenvalue weighted by Crippen LogP contribution is 2.34. The van der Waals surface area contributed by atoms with Crippen LogP contribution in [0.5, 0.6) is 0 Å². The number of unbranched alkanes of at least 4 members (excludes halogenated alkanes) is 3. The maximum Gasteiger partial charge on any atom is 0.0786 e. The molecule has 2 nitrogen and oxygen atoms in total. The minimum atomic E-state index is -0.515. The highest BCUT2D eigenvalue weighted by molar-refractivity contribution is 5.08. The Labute approximate surface area is 112 Å². The summed E-state index contributed by atoms with van der Waals surface area (Å²) in [5, 5.41) is 14.3. The predicted octanol–water partition coefficient (Wildman–Crippen LogP) is 3.00. The van der Waals surface area contributed by atoms with Crippen molar-refractivity contribution in [3.8, 4) is 11.8 Å². The van der Waals surface area contributed by atoms with Gasteiger partial charge in [0, 0.05) is 24.9 Å². The van der Waals surface area contributed by atoms with Gasteiger partial charge in [0.1, 0.15) is 0 Å². The molecule has 18 heavy (non-hydrogen) atoms. The van der Waals surface area contributed by atoms with E-state index in [1.807, 2.05) is 0 Å². The number of aliphatic hydroxyl groups is 1. The van der Waals surface area contributed by atoms with Gasteiger partial charge in [0.15, 0.2) is 0 Å². The third-order valence-corrected chi connectivity index (χ3v) is 4.28. The molecule has 0 aliphatic carbocycles. The Morgan fingerprint density at radius 3 is 2.56 bits per heavy atom. The van der Waals surface area contributed by atoms with Crippen LogP contribution in [-0.2, 0) is 0 Å². The van der Waals surface area contributed by atoms with E-state index in [1.165, 1.54) is 38.5 Å². The number of hydrogen-bond donors (Lipinski definition) is 2. The molecule has 2 saturated heterocycles. The molecule has 2 bridgehead atoms. The van der Waals surface area contributed by atoms with E-state index in [4.69, 9.17) is 0 Å². The average Bonchev–Trinajstić information content (AvgIpc) is 2.33. The molecule has 0 spiro atoms. The Morgan fingerprint density at radius 1 is 1.17 bits per heavy atom. The monoisotopic (exact) mass is 249 g/mol. The van der Waals surface area contributed by atoms with Gasteiger partial charge in [-0.3, -0.25) is 0 Å². The van der Waals surface area contributed by atoms with E-state index in [0.29, 0.717) is 18.5 Å². The summed E-state index contributed by atoms with van der Waals surface area (Å²) in [7, 11) is 0. The largest absolute Gasteiger partial charge is 0.389 e. The van der Waals surface area contributed by atoms with E-state index in [-0.39, 0.29) is 0 Å². The van der Waals surface area contributed by atoms with Crippen molar-refractivity contribution in [3.05, 3.63) is 0 Å². The summed E-state index contributed by atoms with van der Waals surface area (Å²) >= 11 is 0. The Bertz CT molecular complexity index is 303. The van der Waals surface area contributed by atoms with E-state index < -0.39 is 5.60 Å².